The van der Waals surface area contributed by atoms with E-state index in [2.05, 4.69) is 57.1 Å². The number of unbranched alkanes of at least 4 members (excludes halogenated alkanes) is 1. The van der Waals surface area contributed by atoms with Gasteiger partial charge in [0.05, 0.1) is 0 Å². The van der Waals surface area contributed by atoms with Crippen LogP contribution < -0.4 is 0 Å². The number of aromatic amines is 1. The molecule has 1 aliphatic rings. The van der Waals surface area contributed by atoms with Crippen LogP contribution in [-0.4, -0.2) is 23.0 Å². The van der Waals surface area contributed by atoms with E-state index >= 15 is 0 Å². The molecule has 0 unspecified atom stereocenters. The first-order chi connectivity index (χ1) is 12.3. The molecule has 25 heavy (non-hydrogen) atoms. The van der Waals surface area contributed by atoms with Crippen LogP contribution >= 0.6 is 15.9 Å². The van der Waals surface area contributed by atoms with E-state index in [9.17, 15) is 0 Å². The normalized spacial score (nSPS) is 16.6. The highest BCUT2D eigenvalue weighted by atomic mass is 79.9. The van der Waals surface area contributed by atoms with Gasteiger partial charge in [-0.1, -0.05) is 73.9 Å². The van der Waals surface area contributed by atoms with Crippen LogP contribution in [0.15, 0.2) is 28.9 Å². The fourth-order valence-electron chi connectivity index (χ4n) is 4.20. The standard InChI is InChI=1S/C22H33BrN2/c1-2-3-13-25(14-12-18-8-6-4-5-7-9-18)17-19-16-24-22-15-20(23)10-11-21(19)22/h10-11,15-16,18,24H,2-9,12-14,17H2,1H3. The Labute approximate surface area is 161 Å². The maximum absolute atomic E-state index is 3.57. The number of nitrogens with zero attached hydrogens (tertiary/aromatic N) is 1. The van der Waals surface area contributed by atoms with Gasteiger partial charge in [0, 0.05) is 28.1 Å². The summed E-state index contributed by atoms with van der Waals surface area (Å²) < 4.78 is 1.14. The van der Waals surface area contributed by atoms with Crippen molar-refractivity contribution in [1.82, 2.24) is 9.88 Å². The molecule has 2 nitrogen and oxygen atoms in total. The number of rotatable bonds is 8. The van der Waals surface area contributed by atoms with E-state index in [1.807, 2.05) is 0 Å². The van der Waals surface area contributed by atoms with Crippen molar-refractivity contribution in [2.75, 3.05) is 13.1 Å². The van der Waals surface area contributed by atoms with E-state index in [1.165, 1.54) is 87.3 Å². The summed E-state index contributed by atoms with van der Waals surface area (Å²) in [5.74, 6) is 0.963. The predicted octanol–water partition coefficient (Wildman–Crippen LogP) is 6.89. The number of halogens is 1. The molecule has 1 aromatic heterocycles. The summed E-state index contributed by atoms with van der Waals surface area (Å²) in [6, 6.07) is 6.58. The average Bonchev–Trinajstić information content (AvgIpc) is 2.82. The minimum Gasteiger partial charge on any atom is -0.361 e. The van der Waals surface area contributed by atoms with Crippen LogP contribution in [0.3, 0.4) is 0 Å². The molecule has 0 atom stereocenters. The van der Waals surface area contributed by atoms with E-state index < -0.39 is 0 Å². The van der Waals surface area contributed by atoms with E-state index in [1.54, 1.807) is 0 Å². The van der Waals surface area contributed by atoms with Crippen molar-refractivity contribution in [2.24, 2.45) is 5.92 Å². The highest BCUT2D eigenvalue weighted by Crippen LogP contribution is 2.27. The Morgan fingerprint density at radius 2 is 1.92 bits per heavy atom. The van der Waals surface area contributed by atoms with Gasteiger partial charge >= 0.3 is 0 Å². The Bertz CT molecular complexity index is 641. The van der Waals surface area contributed by atoms with Gasteiger partial charge in [0.25, 0.3) is 0 Å². The van der Waals surface area contributed by atoms with Crippen LogP contribution in [0.2, 0.25) is 0 Å². The van der Waals surface area contributed by atoms with Crippen molar-refractivity contribution in [3.63, 3.8) is 0 Å². The van der Waals surface area contributed by atoms with Crippen molar-refractivity contribution in [3.05, 3.63) is 34.4 Å². The first kappa shape index (κ1) is 19.0. The Morgan fingerprint density at radius 1 is 1.12 bits per heavy atom. The van der Waals surface area contributed by atoms with E-state index in [-0.39, 0.29) is 0 Å². The molecule has 3 heteroatoms. The molecule has 0 radical (unpaired) electrons. The minimum atomic E-state index is 0.963. The average molecular weight is 405 g/mol. The lowest BCUT2D eigenvalue weighted by Gasteiger charge is -2.24. The molecule has 0 bridgehead atoms. The third-order valence-corrected chi connectivity index (χ3v) is 6.27. The minimum absolute atomic E-state index is 0.963. The molecule has 0 saturated heterocycles. The molecule has 1 saturated carbocycles. The number of fused-ring (bicyclic) bond motifs is 1. The van der Waals surface area contributed by atoms with Crippen LogP contribution in [0.25, 0.3) is 10.9 Å². The Morgan fingerprint density at radius 3 is 2.68 bits per heavy atom. The summed E-state index contributed by atoms with van der Waals surface area (Å²) in [6.45, 7) is 5.86. The zero-order valence-electron chi connectivity index (χ0n) is 15.7. The quantitative estimate of drug-likeness (QED) is 0.474. The summed E-state index contributed by atoms with van der Waals surface area (Å²) in [5.41, 5.74) is 2.68. The molecule has 1 aliphatic carbocycles. The molecular formula is C22H33BrN2. The first-order valence-electron chi connectivity index (χ1n) is 10.2. The third-order valence-electron chi connectivity index (χ3n) is 5.78. The number of nitrogens with one attached hydrogen (secondary N) is 1. The molecule has 1 N–H and O–H groups in total. The van der Waals surface area contributed by atoms with Gasteiger partial charge in [-0.15, -0.1) is 0 Å². The van der Waals surface area contributed by atoms with Crippen LogP contribution in [0.4, 0.5) is 0 Å². The fraction of sp³-hybridized carbons (Fsp3) is 0.636. The summed E-state index contributed by atoms with van der Waals surface area (Å²) in [7, 11) is 0. The topological polar surface area (TPSA) is 19.0 Å². The molecule has 3 rings (SSSR count). The lowest BCUT2D eigenvalue weighted by atomic mass is 9.96. The lowest BCUT2D eigenvalue weighted by molar-refractivity contribution is 0.234. The first-order valence-corrected chi connectivity index (χ1v) is 11.0. The SMILES string of the molecule is CCCCN(CCC1CCCCCC1)Cc1c[nH]c2cc(Br)ccc12. The molecule has 138 valence electrons. The molecule has 2 aromatic rings. The van der Waals surface area contributed by atoms with Crippen molar-refractivity contribution < 1.29 is 0 Å². The fourth-order valence-corrected chi connectivity index (χ4v) is 4.56. The third kappa shape index (κ3) is 5.59. The summed E-state index contributed by atoms with van der Waals surface area (Å²) in [6.07, 6.45) is 14.9. The molecule has 1 heterocycles. The summed E-state index contributed by atoms with van der Waals surface area (Å²) in [5, 5.41) is 1.37. The second-order valence-electron chi connectivity index (χ2n) is 7.78. The zero-order valence-corrected chi connectivity index (χ0v) is 17.3. The van der Waals surface area contributed by atoms with Gasteiger partial charge in [-0.25, -0.2) is 0 Å². The largest absolute Gasteiger partial charge is 0.361 e. The van der Waals surface area contributed by atoms with Crippen LogP contribution in [-0.2, 0) is 6.54 Å². The van der Waals surface area contributed by atoms with Gasteiger partial charge < -0.3 is 4.98 Å². The molecule has 0 aliphatic heterocycles. The Hall–Kier alpha value is -0.800. The van der Waals surface area contributed by atoms with Crippen LogP contribution in [0.5, 0.6) is 0 Å². The lowest BCUT2D eigenvalue weighted by Crippen LogP contribution is -2.27. The molecule has 0 amide bonds. The van der Waals surface area contributed by atoms with Gasteiger partial charge in [-0.2, -0.15) is 0 Å². The van der Waals surface area contributed by atoms with Crippen molar-refractivity contribution in [2.45, 2.75) is 71.3 Å². The molecule has 0 spiro atoms. The van der Waals surface area contributed by atoms with Gasteiger partial charge in [-0.3, -0.25) is 4.90 Å². The monoisotopic (exact) mass is 404 g/mol. The van der Waals surface area contributed by atoms with Gasteiger partial charge in [0.2, 0.25) is 0 Å². The van der Waals surface area contributed by atoms with Gasteiger partial charge in [0.15, 0.2) is 0 Å². The number of H-pyrrole nitrogens is 1. The smallest absolute Gasteiger partial charge is 0.0468 e. The maximum atomic E-state index is 3.57. The highest BCUT2D eigenvalue weighted by molar-refractivity contribution is 9.10. The summed E-state index contributed by atoms with van der Waals surface area (Å²) >= 11 is 3.57. The molecule has 1 fully saturated rings. The maximum Gasteiger partial charge on any atom is 0.0468 e. The van der Waals surface area contributed by atoms with E-state index in [0.29, 0.717) is 0 Å². The van der Waals surface area contributed by atoms with Crippen LogP contribution in [0, 0.1) is 5.92 Å². The second-order valence-corrected chi connectivity index (χ2v) is 8.70. The summed E-state index contributed by atoms with van der Waals surface area (Å²) in [4.78, 5) is 6.14. The number of hydrogen-bond donors (Lipinski definition) is 1. The number of hydrogen-bond acceptors (Lipinski definition) is 1. The van der Waals surface area contributed by atoms with E-state index in [4.69, 9.17) is 0 Å². The number of aromatic nitrogens is 1. The predicted molar refractivity (Wildman–Crippen MR) is 112 cm³/mol. The molecular weight excluding hydrogens is 372 g/mol. The van der Waals surface area contributed by atoms with Crippen molar-refractivity contribution in [1.29, 1.82) is 0 Å². The zero-order chi connectivity index (χ0) is 17.5. The van der Waals surface area contributed by atoms with Crippen molar-refractivity contribution in [3.8, 4) is 0 Å². The highest BCUT2D eigenvalue weighted by Gasteiger charge is 2.15. The van der Waals surface area contributed by atoms with Gasteiger partial charge in [0.1, 0.15) is 0 Å². The van der Waals surface area contributed by atoms with Crippen LogP contribution in [0.1, 0.15) is 70.3 Å². The number of benzene rings is 1. The van der Waals surface area contributed by atoms with Gasteiger partial charge in [-0.05, 0) is 49.5 Å². The van der Waals surface area contributed by atoms with E-state index in [0.717, 1.165) is 16.9 Å². The second kappa shape index (κ2) is 9.78. The van der Waals surface area contributed by atoms with Crippen molar-refractivity contribution >= 4 is 26.8 Å². The Kier molecular flexibility index (Phi) is 7.42. The molecule has 1 aromatic carbocycles. The Balaban J connectivity index is 1.62.